The first-order valence-electron chi connectivity index (χ1n) is 12.4. The lowest BCUT2D eigenvalue weighted by Gasteiger charge is -2.24. The number of aliphatic carboxylic acids is 1. The van der Waals surface area contributed by atoms with Gasteiger partial charge in [-0.3, -0.25) is 9.59 Å². The summed E-state index contributed by atoms with van der Waals surface area (Å²) >= 11 is 1.36. The van der Waals surface area contributed by atoms with Gasteiger partial charge >= 0.3 is 12.1 Å². The van der Waals surface area contributed by atoms with Crippen molar-refractivity contribution in [3.05, 3.63) is 75.4 Å². The lowest BCUT2D eigenvalue weighted by atomic mass is 10.1. The van der Waals surface area contributed by atoms with Crippen LogP contribution in [-0.2, 0) is 18.4 Å². The van der Waals surface area contributed by atoms with Crippen molar-refractivity contribution in [2.24, 2.45) is 7.05 Å². The van der Waals surface area contributed by atoms with Gasteiger partial charge in [0.05, 0.1) is 10.2 Å². The molecule has 1 aliphatic rings. The number of pyridine rings is 1. The maximum atomic E-state index is 13.7. The summed E-state index contributed by atoms with van der Waals surface area (Å²) in [5, 5.41) is 8.56. The van der Waals surface area contributed by atoms with Crippen molar-refractivity contribution < 1.29 is 32.6 Å². The minimum absolute atomic E-state index is 0.0919. The zero-order valence-electron chi connectivity index (χ0n) is 22.1. The summed E-state index contributed by atoms with van der Waals surface area (Å²) in [6.07, 6.45) is -4.14. The van der Waals surface area contributed by atoms with E-state index in [2.05, 4.69) is 11.9 Å². The largest absolute Gasteiger partial charge is 0.490 e. The number of alkyl halides is 3. The van der Waals surface area contributed by atoms with Gasteiger partial charge in [-0.1, -0.05) is 48.5 Å². The van der Waals surface area contributed by atoms with Gasteiger partial charge in [0, 0.05) is 32.1 Å². The molecule has 40 heavy (non-hydrogen) atoms. The predicted octanol–water partition coefficient (Wildman–Crippen LogP) is 4.74. The molecule has 0 aliphatic carbocycles. The first-order valence-corrected chi connectivity index (χ1v) is 13.2. The van der Waals surface area contributed by atoms with E-state index in [1.54, 1.807) is 11.6 Å². The zero-order valence-corrected chi connectivity index (χ0v) is 22.9. The Morgan fingerprint density at radius 1 is 1.10 bits per heavy atom. The van der Waals surface area contributed by atoms with Crippen LogP contribution in [0.3, 0.4) is 0 Å². The van der Waals surface area contributed by atoms with Gasteiger partial charge in [0.2, 0.25) is 0 Å². The normalized spacial score (nSPS) is 15.6. The molecule has 1 unspecified atom stereocenters. The number of hydrogen-bond donors (Lipinski definition) is 1. The number of carbonyl (C=O) groups excluding carboxylic acids is 1. The number of carbonyl (C=O) groups is 2. The number of aryl methyl sites for hydroxylation is 1. The first-order chi connectivity index (χ1) is 18.9. The number of benzene rings is 2. The number of carboxylic acids is 1. The highest BCUT2D eigenvalue weighted by Gasteiger charge is 2.38. The molecule has 12 heteroatoms. The molecule has 1 atom stereocenters. The van der Waals surface area contributed by atoms with Gasteiger partial charge in [0.25, 0.3) is 11.5 Å². The summed E-state index contributed by atoms with van der Waals surface area (Å²) in [5.41, 5.74) is 1.68. The van der Waals surface area contributed by atoms with Gasteiger partial charge in [0.15, 0.2) is 5.75 Å². The number of rotatable bonds is 5. The SMILES string of the molecule is CN1CCC(N(C)C(=O)c2sc3c(c2OCc2ccccc2)c(=O)n(C)c2ccccc32)C1.O=C(O)C(F)(F)F. The number of fused-ring (bicyclic) bond motifs is 3. The number of likely N-dealkylation sites (N-methyl/N-ethyl adjacent to an activating group) is 2. The summed E-state index contributed by atoms with van der Waals surface area (Å²) in [7, 11) is 5.69. The third-order valence-corrected chi connectivity index (χ3v) is 7.98. The number of carboxylic acid groups (broad SMARTS) is 1. The summed E-state index contributed by atoms with van der Waals surface area (Å²) in [6.45, 7) is 2.11. The molecule has 5 rings (SSSR count). The number of ether oxygens (including phenoxy) is 1. The fourth-order valence-corrected chi connectivity index (χ4v) is 5.85. The summed E-state index contributed by atoms with van der Waals surface area (Å²) in [6, 6.07) is 17.8. The van der Waals surface area contributed by atoms with Crippen molar-refractivity contribution in [2.75, 3.05) is 27.2 Å². The lowest BCUT2D eigenvalue weighted by Crippen LogP contribution is -2.38. The van der Waals surface area contributed by atoms with E-state index in [9.17, 15) is 22.8 Å². The smallest absolute Gasteiger partial charge is 0.486 e. The molecule has 0 bridgehead atoms. The highest BCUT2D eigenvalue weighted by atomic mass is 32.1. The van der Waals surface area contributed by atoms with E-state index < -0.39 is 12.1 Å². The van der Waals surface area contributed by atoms with Crippen LogP contribution in [-0.4, -0.2) is 70.8 Å². The molecular weight excluding hydrogens is 547 g/mol. The van der Waals surface area contributed by atoms with Crippen LogP contribution < -0.4 is 10.3 Å². The van der Waals surface area contributed by atoms with Crippen LogP contribution in [0.4, 0.5) is 13.2 Å². The molecule has 0 spiro atoms. The average molecular weight is 576 g/mol. The Labute approximate surface area is 231 Å². The lowest BCUT2D eigenvalue weighted by molar-refractivity contribution is -0.192. The van der Waals surface area contributed by atoms with Gasteiger partial charge in [-0.25, -0.2) is 4.79 Å². The van der Waals surface area contributed by atoms with Crippen molar-refractivity contribution in [3.63, 3.8) is 0 Å². The van der Waals surface area contributed by atoms with Crippen LogP contribution in [0.15, 0.2) is 59.4 Å². The highest BCUT2D eigenvalue weighted by Crippen LogP contribution is 2.41. The van der Waals surface area contributed by atoms with E-state index >= 15 is 0 Å². The summed E-state index contributed by atoms with van der Waals surface area (Å²) < 4.78 is 40.4. The molecule has 212 valence electrons. The second kappa shape index (κ2) is 11.7. The van der Waals surface area contributed by atoms with Crippen LogP contribution in [0.2, 0.25) is 0 Å². The van der Waals surface area contributed by atoms with Crippen molar-refractivity contribution in [3.8, 4) is 5.75 Å². The number of aromatic nitrogens is 1. The number of nitrogens with zero attached hydrogens (tertiary/aromatic N) is 3. The number of likely N-dealkylation sites (tertiary alicyclic amines) is 1. The monoisotopic (exact) mass is 575 g/mol. The van der Waals surface area contributed by atoms with E-state index in [1.165, 1.54) is 11.3 Å². The topological polar surface area (TPSA) is 92.1 Å². The second-order valence-corrected chi connectivity index (χ2v) is 10.6. The van der Waals surface area contributed by atoms with Gasteiger partial charge in [-0.2, -0.15) is 13.2 Å². The number of amides is 1. The van der Waals surface area contributed by atoms with E-state index in [1.807, 2.05) is 66.5 Å². The Balaban J connectivity index is 0.000000470. The molecule has 1 amide bonds. The molecule has 2 aromatic carbocycles. The molecule has 0 saturated carbocycles. The van der Waals surface area contributed by atoms with Crippen LogP contribution in [0.5, 0.6) is 5.75 Å². The zero-order chi connectivity index (χ0) is 29.2. The Morgan fingerprint density at radius 3 is 2.33 bits per heavy atom. The molecule has 1 fully saturated rings. The van der Waals surface area contributed by atoms with E-state index in [4.69, 9.17) is 14.6 Å². The molecule has 4 aromatic rings. The molecule has 3 heterocycles. The average Bonchev–Trinajstić information content (AvgIpc) is 3.54. The maximum Gasteiger partial charge on any atom is 0.490 e. The number of hydrogen-bond acceptors (Lipinski definition) is 6. The number of para-hydroxylation sites is 1. The van der Waals surface area contributed by atoms with Gasteiger partial charge in [0.1, 0.15) is 16.9 Å². The fourth-order valence-electron chi connectivity index (χ4n) is 4.60. The Morgan fingerprint density at radius 2 is 1.73 bits per heavy atom. The Bertz CT molecular complexity index is 1600. The van der Waals surface area contributed by atoms with Crippen LogP contribution in [0, 0.1) is 0 Å². The van der Waals surface area contributed by atoms with Gasteiger partial charge in [-0.05, 0) is 31.6 Å². The highest BCUT2D eigenvalue weighted by molar-refractivity contribution is 7.22. The third-order valence-electron chi connectivity index (χ3n) is 6.79. The van der Waals surface area contributed by atoms with Gasteiger partial charge in [-0.15, -0.1) is 11.3 Å². The summed E-state index contributed by atoms with van der Waals surface area (Å²) in [4.78, 5) is 40.6. The molecule has 8 nitrogen and oxygen atoms in total. The quantitative estimate of drug-likeness (QED) is 0.370. The van der Waals surface area contributed by atoms with Crippen molar-refractivity contribution in [1.82, 2.24) is 14.4 Å². The molecule has 0 radical (unpaired) electrons. The molecule has 1 saturated heterocycles. The second-order valence-electron chi connectivity index (χ2n) is 9.54. The standard InChI is InChI=1S/C26H27N3O3S.C2HF3O2/c1-27-14-13-18(15-27)28(2)26(31)24-22(32-16-17-9-5-4-6-10-17)21-23(33-24)19-11-7-8-12-20(19)29(3)25(21)30;3-2(4,5)1(6)7/h4-12,18H,13-16H2,1-3H3;(H,6,7). The molecule has 2 aromatic heterocycles. The minimum atomic E-state index is -5.08. The van der Waals surface area contributed by atoms with Crippen molar-refractivity contribution in [1.29, 1.82) is 0 Å². The van der Waals surface area contributed by atoms with E-state index in [0.29, 0.717) is 22.6 Å². The maximum absolute atomic E-state index is 13.7. The van der Waals surface area contributed by atoms with Gasteiger partial charge < -0.3 is 24.2 Å². The minimum Gasteiger partial charge on any atom is -0.486 e. The van der Waals surface area contributed by atoms with Crippen molar-refractivity contribution >= 4 is 44.2 Å². The molecule has 1 aliphatic heterocycles. The van der Waals surface area contributed by atoms with E-state index in [-0.39, 0.29) is 17.5 Å². The van der Waals surface area contributed by atoms with Crippen LogP contribution in [0.25, 0.3) is 21.0 Å². The molecule has 1 N–H and O–H groups in total. The van der Waals surface area contributed by atoms with Crippen LogP contribution >= 0.6 is 11.3 Å². The van der Waals surface area contributed by atoms with E-state index in [0.717, 1.165) is 40.7 Å². The van der Waals surface area contributed by atoms with Crippen molar-refractivity contribution in [2.45, 2.75) is 25.2 Å². The fraction of sp³-hybridized carbons (Fsp3) is 0.321. The summed E-state index contributed by atoms with van der Waals surface area (Å²) in [5.74, 6) is -2.45. The van der Waals surface area contributed by atoms with Crippen LogP contribution in [0.1, 0.15) is 21.7 Å². The Hall–Kier alpha value is -3.90. The number of thiophene rings is 1. The predicted molar refractivity (Wildman–Crippen MR) is 147 cm³/mol. The molecular formula is C28H28F3N3O5S. The Kier molecular flexibility index (Phi) is 8.50. The first kappa shape index (κ1) is 29.1. The third kappa shape index (κ3) is 5.97. The number of halogens is 3.